The third-order valence-corrected chi connectivity index (χ3v) is 5.36. The number of ether oxygens (including phenoxy) is 1. The standard InChI is InChI=1S/C25H22ClN3O2/c1-17-13-21(15-27-28-25(30)16-31-24-10-6-5-9-23(24)26)18(2)29(17)22-12-11-19-7-3-4-8-20(19)14-22/h3-15H,16H2,1-2H3,(H,28,30)/b27-15-. The van der Waals surface area contributed by atoms with Gasteiger partial charge in [-0.05, 0) is 55.0 Å². The maximum Gasteiger partial charge on any atom is 0.277 e. The molecule has 0 aliphatic rings. The zero-order chi connectivity index (χ0) is 21.8. The third-order valence-electron chi connectivity index (χ3n) is 5.05. The van der Waals surface area contributed by atoms with Gasteiger partial charge in [-0.2, -0.15) is 5.10 Å². The Balaban J connectivity index is 1.45. The van der Waals surface area contributed by atoms with Crippen LogP contribution >= 0.6 is 11.6 Å². The Morgan fingerprint density at radius 1 is 1.03 bits per heavy atom. The van der Waals surface area contributed by atoms with Crippen molar-refractivity contribution >= 4 is 34.5 Å². The van der Waals surface area contributed by atoms with E-state index in [4.69, 9.17) is 16.3 Å². The smallest absolute Gasteiger partial charge is 0.277 e. The van der Waals surface area contributed by atoms with E-state index in [1.807, 2.05) is 25.1 Å². The number of hydrogen-bond donors (Lipinski definition) is 1. The van der Waals surface area contributed by atoms with Crippen molar-refractivity contribution < 1.29 is 9.53 Å². The van der Waals surface area contributed by atoms with E-state index in [9.17, 15) is 4.79 Å². The molecule has 0 atom stereocenters. The molecule has 0 saturated heterocycles. The van der Waals surface area contributed by atoms with Gasteiger partial charge in [0, 0.05) is 22.6 Å². The summed E-state index contributed by atoms with van der Waals surface area (Å²) in [5, 5.41) is 6.94. The van der Waals surface area contributed by atoms with Crippen LogP contribution < -0.4 is 10.2 Å². The molecule has 156 valence electrons. The van der Waals surface area contributed by atoms with Crippen LogP contribution in [0.5, 0.6) is 5.75 Å². The molecule has 0 radical (unpaired) electrons. The van der Waals surface area contributed by atoms with Crippen LogP contribution in [0.3, 0.4) is 0 Å². The Bertz CT molecular complexity index is 1280. The van der Waals surface area contributed by atoms with Gasteiger partial charge in [-0.25, -0.2) is 5.43 Å². The lowest BCUT2D eigenvalue weighted by Crippen LogP contribution is -2.24. The summed E-state index contributed by atoms with van der Waals surface area (Å²) < 4.78 is 7.60. The second kappa shape index (κ2) is 9.06. The minimum atomic E-state index is -0.362. The van der Waals surface area contributed by atoms with Crippen molar-refractivity contribution in [3.8, 4) is 11.4 Å². The minimum Gasteiger partial charge on any atom is -0.482 e. The van der Waals surface area contributed by atoms with Crippen molar-refractivity contribution in [1.82, 2.24) is 9.99 Å². The summed E-state index contributed by atoms with van der Waals surface area (Å²) in [5.41, 5.74) is 6.64. The van der Waals surface area contributed by atoms with Gasteiger partial charge in [0.25, 0.3) is 5.91 Å². The van der Waals surface area contributed by atoms with E-state index in [0.717, 1.165) is 22.6 Å². The summed E-state index contributed by atoms with van der Waals surface area (Å²) in [5.74, 6) is 0.0988. The van der Waals surface area contributed by atoms with Crippen molar-refractivity contribution in [2.75, 3.05) is 6.61 Å². The highest BCUT2D eigenvalue weighted by molar-refractivity contribution is 6.32. The summed E-state index contributed by atoms with van der Waals surface area (Å²) >= 11 is 6.02. The Labute approximate surface area is 185 Å². The normalized spacial score (nSPS) is 11.2. The number of hydrazone groups is 1. The van der Waals surface area contributed by atoms with E-state index in [0.29, 0.717) is 10.8 Å². The third kappa shape index (κ3) is 4.62. The number of aromatic nitrogens is 1. The van der Waals surface area contributed by atoms with Gasteiger partial charge in [0.15, 0.2) is 6.61 Å². The number of amides is 1. The van der Waals surface area contributed by atoms with Gasteiger partial charge in [0.2, 0.25) is 0 Å². The molecule has 1 aromatic heterocycles. The Kier molecular flexibility index (Phi) is 6.05. The molecular formula is C25H22ClN3O2. The van der Waals surface area contributed by atoms with Crippen LogP contribution in [0.4, 0.5) is 0 Å². The van der Waals surface area contributed by atoms with Crippen LogP contribution in [-0.4, -0.2) is 23.3 Å². The van der Waals surface area contributed by atoms with Crippen molar-refractivity contribution in [3.05, 3.63) is 94.8 Å². The lowest BCUT2D eigenvalue weighted by molar-refractivity contribution is -0.123. The van der Waals surface area contributed by atoms with Gasteiger partial charge < -0.3 is 9.30 Å². The molecule has 3 aromatic carbocycles. The Hall–Kier alpha value is -3.57. The topological polar surface area (TPSA) is 55.6 Å². The Morgan fingerprint density at radius 2 is 1.77 bits per heavy atom. The summed E-state index contributed by atoms with van der Waals surface area (Å²) in [4.78, 5) is 12.0. The SMILES string of the molecule is Cc1cc(/C=N\NC(=O)COc2ccccc2Cl)c(C)n1-c1ccc2ccccc2c1. The van der Waals surface area contributed by atoms with Crippen molar-refractivity contribution in [2.24, 2.45) is 5.10 Å². The number of halogens is 1. The largest absolute Gasteiger partial charge is 0.482 e. The maximum absolute atomic E-state index is 12.0. The summed E-state index contributed by atoms with van der Waals surface area (Å²) in [6, 6.07) is 23.7. The average Bonchev–Trinajstić information content (AvgIpc) is 3.06. The highest BCUT2D eigenvalue weighted by Gasteiger charge is 2.10. The van der Waals surface area contributed by atoms with E-state index in [1.54, 1.807) is 30.5 Å². The zero-order valence-electron chi connectivity index (χ0n) is 17.3. The molecule has 1 N–H and O–H groups in total. The second-order valence-corrected chi connectivity index (χ2v) is 7.61. The van der Waals surface area contributed by atoms with E-state index in [2.05, 4.69) is 52.3 Å². The second-order valence-electron chi connectivity index (χ2n) is 7.21. The number of fused-ring (bicyclic) bond motifs is 1. The summed E-state index contributed by atoms with van der Waals surface area (Å²) in [7, 11) is 0. The molecule has 0 fully saturated rings. The molecule has 4 aromatic rings. The molecule has 0 aliphatic carbocycles. The van der Waals surface area contributed by atoms with Crippen LogP contribution in [-0.2, 0) is 4.79 Å². The molecule has 0 aliphatic heterocycles. The fourth-order valence-corrected chi connectivity index (χ4v) is 3.73. The van der Waals surface area contributed by atoms with E-state index in [-0.39, 0.29) is 12.5 Å². The highest BCUT2D eigenvalue weighted by atomic mass is 35.5. The molecule has 31 heavy (non-hydrogen) atoms. The molecule has 5 nitrogen and oxygen atoms in total. The number of para-hydroxylation sites is 1. The first kappa shape index (κ1) is 20.7. The summed E-state index contributed by atoms with van der Waals surface area (Å²) in [6.07, 6.45) is 1.65. The molecule has 0 bridgehead atoms. The fraction of sp³-hybridized carbons (Fsp3) is 0.120. The quantitative estimate of drug-likeness (QED) is 0.327. The first-order valence-electron chi connectivity index (χ1n) is 9.90. The van der Waals surface area contributed by atoms with Gasteiger partial charge in [-0.1, -0.05) is 54.1 Å². The average molecular weight is 432 g/mol. The number of aryl methyl sites for hydroxylation is 1. The van der Waals surface area contributed by atoms with Crippen LogP contribution in [0, 0.1) is 13.8 Å². The van der Waals surface area contributed by atoms with Crippen LogP contribution in [0.25, 0.3) is 16.5 Å². The highest BCUT2D eigenvalue weighted by Crippen LogP contribution is 2.24. The summed E-state index contributed by atoms with van der Waals surface area (Å²) in [6.45, 7) is 3.92. The Morgan fingerprint density at radius 3 is 2.58 bits per heavy atom. The van der Waals surface area contributed by atoms with Crippen LogP contribution in [0.1, 0.15) is 17.0 Å². The van der Waals surface area contributed by atoms with Gasteiger partial charge >= 0.3 is 0 Å². The van der Waals surface area contributed by atoms with Crippen molar-refractivity contribution in [1.29, 1.82) is 0 Å². The van der Waals surface area contributed by atoms with Crippen LogP contribution in [0.15, 0.2) is 77.9 Å². The molecule has 0 unspecified atom stereocenters. The van der Waals surface area contributed by atoms with E-state index >= 15 is 0 Å². The molecule has 1 amide bonds. The number of carbonyl (C=O) groups is 1. The monoisotopic (exact) mass is 431 g/mol. The number of benzene rings is 3. The van der Waals surface area contributed by atoms with Crippen molar-refractivity contribution in [2.45, 2.75) is 13.8 Å². The number of rotatable bonds is 6. The van der Waals surface area contributed by atoms with Gasteiger partial charge in [0.1, 0.15) is 5.75 Å². The van der Waals surface area contributed by atoms with Gasteiger partial charge in [0.05, 0.1) is 11.2 Å². The first-order chi connectivity index (χ1) is 15.0. The molecule has 6 heteroatoms. The van der Waals surface area contributed by atoms with E-state index in [1.165, 1.54) is 10.8 Å². The number of nitrogens with one attached hydrogen (secondary N) is 1. The van der Waals surface area contributed by atoms with Gasteiger partial charge in [-0.3, -0.25) is 4.79 Å². The molecule has 0 spiro atoms. The number of carbonyl (C=O) groups excluding carboxylic acids is 1. The van der Waals surface area contributed by atoms with Gasteiger partial charge in [-0.15, -0.1) is 0 Å². The minimum absolute atomic E-state index is 0.169. The molecule has 4 rings (SSSR count). The van der Waals surface area contributed by atoms with E-state index < -0.39 is 0 Å². The predicted molar refractivity (Wildman–Crippen MR) is 125 cm³/mol. The lowest BCUT2D eigenvalue weighted by atomic mass is 10.1. The predicted octanol–water partition coefficient (Wildman–Crippen LogP) is 5.43. The first-order valence-corrected chi connectivity index (χ1v) is 10.3. The number of nitrogens with zero attached hydrogens (tertiary/aromatic N) is 2. The van der Waals surface area contributed by atoms with Crippen LogP contribution in [0.2, 0.25) is 5.02 Å². The zero-order valence-corrected chi connectivity index (χ0v) is 18.1. The maximum atomic E-state index is 12.0. The molecular weight excluding hydrogens is 410 g/mol. The lowest BCUT2D eigenvalue weighted by Gasteiger charge is -2.11. The number of hydrogen-bond acceptors (Lipinski definition) is 3. The molecule has 0 saturated carbocycles. The fourth-order valence-electron chi connectivity index (χ4n) is 3.54. The van der Waals surface area contributed by atoms with Crippen molar-refractivity contribution in [3.63, 3.8) is 0 Å². The molecule has 1 heterocycles.